The molecule has 0 aromatic heterocycles. The first-order valence-corrected chi connectivity index (χ1v) is 5.07. The molecule has 0 amide bonds. The van der Waals surface area contributed by atoms with Gasteiger partial charge in [-0.05, 0) is 5.56 Å². The highest BCUT2D eigenvalue weighted by atomic mass is 19.3. The predicted molar refractivity (Wildman–Crippen MR) is 60.5 cm³/mol. The third-order valence-corrected chi connectivity index (χ3v) is 2.64. The molecule has 0 bridgehead atoms. The molecule has 2 rings (SSSR count). The molecule has 17 heavy (non-hydrogen) atoms. The van der Waals surface area contributed by atoms with Crippen LogP contribution in [0, 0.1) is 0 Å². The van der Waals surface area contributed by atoms with Crippen LogP contribution >= 0.6 is 0 Å². The number of aliphatic imine (C=N–C) groups is 1. The highest BCUT2D eigenvalue weighted by Gasteiger charge is 2.44. The van der Waals surface area contributed by atoms with E-state index >= 15 is 0 Å². The molecule has 4 nitrogen and oxygen atoms in total. The van der Waals surface area contributed by atoms with E-state index in [-0.39, 0.29) is 30.3 Å². The fraction of sp³-hybridized carbons (Fsp3) is 0.364. The Morgan fingerprint density at radius 2 is 2.24 bits per heavy atom. The van der Waals surface area contributed by atoms with Gasteiger partial charge in [-0.15, -0.1) is 5.69 Å². The monoisotopic (exact) mass is 240 g/mol. The van der Waals surface area contributed by atoms with Crippen molar-refractivity contribution in [2.24, 2.45) is 10.7 Å². The maximum atomic E-state index is 13.3. The molecule has 1 aromatic carbocycles. The summed E-state index contributed by atoms with van der Waals surface area (Å²) in [5.74, 6) is 0.0481. The number of rotatable bonds is 2. The topological polar surface area (TPSA) is 71.4 Å². The zero-order valence-corrected chi connectivity index (χ0v) is 8.99. The molecule has 92 valence electrons. The van der Waals surface area contributed by atoms with Gasteiger partial charge in [-0.3, -0.25) is 4.99 Å². The summed E-state index contributed by atoms with van der Waals surface area (Å²) in [6.07, 6.45) is -2.73. The number of benzene rings is 1. The second-order valence-electron chi connectivity index (χ2n) is 3.90. The van der Waals surface area contributed by atoms with Crippen LogP contribution in [0.3, 0.4) is 0 Å². The van der Waals surface area contributed by atoms with Gasteiger partial charge in [-0.2, -0.15) is 0 Å². The molecular weight excluding hydrogens is 228 g/mol. The molecule has 0 saturated carbocycles. The summed E-state index contributed by atoms with van der Waals surface area (Å²) in [4.78, 5) is 3.86. The number of hydrogen-bond acceptors (Lipinski definition) is 3. The van der Waals surface area contributed by atoms with Crippen molar-refractivity contribution < 1.29 is 13.5 Å². The van der Waals surface area contributed by atoms with E-state index < -0.39 is 12.0 Å². The SMILES string of the molecule is [NH-]c1cccc([C@@]2(C(F)F)COCC(N)=N2)c1. The number of ether oxygens (including phenoxy) is 1. The van der Waals surface area contributed by atoms with Gasteiger partial charge in [0.05, 0.1) is 6.61 Å². The van der Waals surface area contributed by atoms with Gasteiger partial charge in [0.15, 0.2) is 5.54 Å². The van der Waals surface area contributed by atoms with E-state index in [9.17, 15) is 8.78 Å². The van der Waals surface area contributed by atoms with Crippen molar-refractivity contribution in [3.8, 4) is 0 Å². The Balaban J connectivity index is 2.52. The summed E-state index contributed by atoms with van der Waals surface area (Å²) in [5.41, 5.74) is 11.6. The van der Waals surface area contributed by atoms with Crippen molar-refractivity contribution in [1.82, 2.24) is 0 Å². The fourth-order valence-electron chi connectivity index (χ4n) is 1.81. The van der Waals surface area contributed by atoms with Crippen LogP contribution in [0.15, 0.2) is 29.3 Å². The number of alkyl halides is 2. The van der Waals surface area contributed by atoms with E-state index in [0.717, 1.165) is 0 Å². The van der Waals surface area contributed by atoms with Gasteiger partial charge in [0.2, 0.25) is 0 Å². The van der Waals surface area contributed by atoms with E-state index in [1.54, 1.807) is 6.07 Å². The minimum absolute atomic E-state index is 0.0481. The number of nitrogens with zero attached hydrogens (tertiary/aromatic N) is 1. The molecule has 1 aliphatic heterocycles. The highest BCUT2D eigenvalue weighted by molar-refractivity contribution is 5.82. The maximum Gasteiger partial charge on any atom is 0.269 e. The summed E-state index contributed by atoms with van der Waals surface area (Å²) < 4.78 is 31.6. The Kier molecular flexibility index (Phi) is 2.97. The zero-order valence-electron chi connectivity index (χ0n) is 8.99. The van der Waals surface area contributed by atoms with Crippen LogP contribution in [0.4, 0.5) is 14.5 Å². The first-order chi connectivity index (χ1) is 8.04. The number of amidine groups is 1. The number of nitrogens with one attached hydrogen (secondary N) is 1. The van der Waals surface area contributed by atoms with Crippen molar-refractivity contribution in [2.45, 2.75) is 12.0 Å². The molecule has 1 aromatic rings. The maximum absolute atomic E-state index is 13.3. The highest BCUT2D eigenvalue weighted by Crippen LogP contribution is 2.36. The van der Waals surface area contributed by atoms with Crippen molar-refractivity contribution in [3.63, 3.8) is 0 Å². The Bertz CT molecular complexity index is 450. The molecule has 0 aliphatic carbocycles. The first kappa shape index (κ1) is 11.8. The van der Waals surface area contributed by atoms with Gasteiger partial charge in [-0.1, -0.05) is 24.3 Å². The lowest BCUT2D eigenvalue weighted by molar-refractivity contribution is -0.0128. The quantitative estimate of drug-likeness (QED) is 0.860. The molecule has 0 unspecified atom stereocenters. The molecule has 1 aliphatic rings. The van der Waals surface area contributed by atoms with Crippen molar-refractivity contribution in [1.29, 1.82) is 0 Å². The van der Waals surface area contributed by atoms with Crippen LogP contribution in [0.5, 0.6) is 0 Å². The lowest BCUT2D eigenvalue weighted by Gasteiger charge is -2.33. The summed E-state index contributed by atoms with van der Waals surface area (Å²) in [7, 11) is 0. The van der Waals surface area contributed by atoms with Crippen LogP contribution in [0.25, 0.3) is 5.73 Å². The minimum Gasteiger partial charge on any atom is -0.699 e. The third-order valence-electron chi connectivity index (χ3n) is 2.64. The molecule has 3 N–H and O–H groups in total. The Morgan fingerprint density at radius 3 is 2.82 bits per heavy atom. The second kappa shape index (κ2) is 4.29. The van der Waals surface area contributed by atoms with Crippen LogP contribution in [-0.2, 0) is 10.3 Å². The average Bonchev–Trinajstić information content (AvgIpc) is 2.28. The molecular formula is C11H12F2N3O-. The van der Waals surface area contributed by atoms with E-state index in [1.807, 2.05) is 0 Å². The van der Waals surface area contributed by atoms with Gasteiger partial charge in [0, 0.05) is 0 Å². The van der Waals surface area contributed by atoms with Gasteiger partial charge in [0.25, 0.3) is 6.43 Å². The van der Waals surface area contributed by atoms with Gasteiger partial charge < -0.3 is 16.2 Å². The lowest BCUT2D eigenvalue weighted by atomic mass is 9.90. The van der Waals surface area contributed by atoms with Gasteiger partial charge >= 0.3 is 0 Å². The van der Waals surface area contributed by atoms with E-state index in [2.05, 4.69) is 4.99 Å². The van der Waals surface area contributed by atoms with Crippen LogP contribution in [0.2, 0.25) is 0 Å². The summed E-state index contributed by atoms with van der Waals surface area (Å²) in [5, 5.41) is 0. The zero-order chi connectivity index (χ0) is 12.5. The first-order valence-electron chi connectivity index (χ1n) is 5.07. The molecule has 0 fully saturated rings. The second-order valence-corrected chi connectivity index (χ2v) is 3.90. The molecule has 6 heteroatoms. The van der Waals surface area contributed by atoms with Crippen LogP contribution in [-0.4, -0.2) is 25.5 Å². The summed E-state index contributed by atoms with van der Waals surface area (Å²) in [6.45, 7) is -0.163. The largest absolute Gasteiger partial charge is 0.699 e. The van der Waals surface area contributed by atoms with E-state index in [1.165, 1.54) is 18.2 Å². The van der Waals surface area contributed by atoms with E-state index in [0.29, 0.717) is 0 Å². The Hall–Kier alpha value is -1.69. The molecule has 1 heterocycles. The molecule has 0 saturated heterocycles. The fourth-order valence-corrected chi connectivity index (χ4v) is 1.81. The van der Waals surface area contributed by atoms with Crippen LogP contribution in [0.1, 0.15) is 5.56 Å². The minimum atomic E-state index is -2.73. The van der Waals surface area contributed by atoms with Crippen molar-refractivity contribution in [2.75, 3.05) is 13.2 Å². The average molecular weight is 240 g/mol. The normalized spacial score (nSPS) is 24.8. The van der Waals surface area contributed by atoms with Crippen molar-refractivity contribution in [3.05, 3.63) is 35.6 Å². The Labute approximate surface area is 97.3 Å². The van der Waals surface area contributed by atoms with Crippen LogP contribution < -0.4 is 5.73 Å². The molecule has 1 atom stereocenters. The van der Waals surface area contributed by atoms with E-state index in [4.69, 9.17) is 16.2 Å². The predicted octanol–water partition coefficient (Wildman–Crippen LogP) is 2.22. The van der Waals surface area contributed by atoms with Gasteiger partial charge in [-0.25, -0.2) is 8.78 Å². The smallest absolute Gasteiger partial charge is 0.269 e. The molecule has 0 radical (unpaired) electrons. The van der Waals surface area contributed by atoms with Gasteiger partial charge in [0.1, 0.15) is 12.4 Å². The summed E-state index contributed by atoms with van der Waals surface area (Å²) in [6, 6.07) is 5.93. The number of halogens is 2. The van der Waals surface area contributed by atoms with Crippen molar-refractivity contribution >= 4 is 11.5 Å². The standard InChI is InChI=1S/C11H12F2N3O/c12-10(13)11(6-17-5-9(15)16-11)7-2-1-3-8(14)4-7/h1-4,10,14H,5-6H2,(H2,15,16)/q-1/t11-/m1/s1. The third kappa shape index (κ3) is 2.08. The Morgan fingerprint density at radius 1 is 1.47 bits per heavy atom. The number of hydrogen-bond donors (Lipinski definition) is 1. The number of nitrogens with two attached hydrogens (primary N) is 1. The lowest BCUT2D eigenvalue weighted by Crippen LogP contribution is -2.44. The summed E-state index contributed by atoms with van der Waals surface area (Å²) >= 11 is 0. The molecule has 0 spiro atoms.